The van der Waals surface area contributed by atoms with Crippen molar-refractivity contribution in [2.24, 2.45) is 0 Å². The molecule has 2 aromatic rings. The third-order valence-corrected chi connectivity index (χ3v) is 6.72. The van der Waals surface area contributed by atoms with Gasteiger partial charge in [-0.05, 0) is 54.2 Å². The van der Waals surface area contributed by atoms with Crippen molar-refractivity contribution in [2.45, 2.75) is 38.6 Å². The molecule has 0 radical (unpaired) electrons. The fourth-order valence-corrected chi connectivity index (χ4v) is 4.87. The van der Waals surface area contributed by atoms with E-state index in [4.69, 9.17) is 9.47 Å². The summed E-state index contributed by atoms with van der Waals surface area (Å²) in [5, 5.41) is 0. The number of rotatable bonds is 6. The lowest BCUT2D eigenvalue weighted by atomic mass is 10.0. The fraction of sp³-hybridized carbons (Fsp3) is 0.462. The zero-order valence-electron chi connectivity index (χ0n) is 18.5. The van der Waals surface area contributed by atoms with Gasteiger partial charge in [0.05, 0.1) is 0 Å². The zero-order chi connectivity index (χ0) is 21.9. The highest BCUT2D eigenvalue weighted by Crippen LogP contribution is 2.31. The van der Waals surface area contributed by atoms with Crippen molar-refractivity contribution in [2.75, 3.05) is 39.4 Å². The summed E-state index contributed by atoms with van der Waals surface area (Å²) in [6, 6.07) is 12.1. The van der Waals surface area contributed by atoms with Gasteiger partial charge in [0, 0.05) is 51.1 Å². The maximum Gasteiger partial charge on any atom is 0.223 e. The van der Waals surface area contributed by atoms with Crippen LogP contribution in [0.4, 0.5) is 0 Å². The van der Waals surface area contributed by atoms with Crippen molar-refractivity contribution in [1.82, 2.24) is 9.80 Å². The summed E-state index contributed by atoms with van der Waals surface area (Å²) in [5.41, 5.74) is 4.61. The van der Waals surface area contributed by atoms with Crippen LogP contribution in [0.15, 0.2) is 36.4 Å². The van der Waals surface area contributed by atoms with Gasteiger partial charge in [0.2, 0.25) is 5.91 Å². The minimum absolute atomic E-state index is 0.0743. The highest BCUT2D eigenvalue weighted by molar-refractivity contribution is 5.98. The van der Waals surface area contributed by atoms with Gasteiger partial charge in [0.25, 0.3) is 0 Å². The lowest BCUT2D eigenvalue weighted by Gasteiger charge is -2.35. The maximum atomic E-state index is 12.7. The topological polar surface area (TPSA) is 59.1 Å². The predicted molar refractivity (Wildman–Crippen MR) is 121 cm³/mol. The summed E-state index contributed by atoms with van der Waals surface area (Å²) in [7, 11) is 0. The Balaban J connectivity index is 1.08. The molecule has 0 unspecified atom stereocenters. The molecule has 1 fully saturated rings. The number of ketones is 1. The smallest absolute Gasteiger partial charge is 0.223 e. The molecule has 1 aliphatic carbocycles. The summed E-state index contributed by atoms with van der Waals surface area (Å²) in [6.07, 6.45) is 3.92. The molecule has 0 spiro atoms. The van der Waals surface area contributed by atoms with Gasteiger partial charge >= 0.3 is 0 Å². The first-order valence-corrected chi connectivity index (χ1v) is 11.7. The van der Waals surface area contributed by atoms with Gasteiger partial charge in [-0.25, -0.2) is 0 Å². The first-order chi connectivity index (χ1) is 15.7. The Morgan fingerprint density at radius 3 is 2.44 bits per heavy atom. The highest BCUT2D eigenvalue weighted by Gasteiger charge is 2.23. The number of benzene rings is 2. The third kappa shape index (κ3) is 4.65. The molecule has 0 atom stereocenters. The molecule has 5 rings (SSSR count). The standard InChI is InChI=1S/C26H30N2O4/c29-23(22-6-5-20-2-1-3-21(20)17-22)7-9-26(30)28-12-10-27(11-13-28)18-19-4-8-24-25(16-19)32-15-14-31-24/h4-6,8,16-17H,1-3,7,9-15,18H2. The third-order valence-electron chi connectivity index (χ3n) is 6.72. The van der Waals surface area contributed by atoms with Gasteiger partial charge in [-0.3, -0.25) is 14.5 Å². The molecule has 0 bridgehead atoms. The molecule has 0 aromatic heterocycles. The molecule has 2 aliphatic heterocycles. The number of ether oxygens (including phenoxy) is 2. The van der Waals surface area contributed by atoms with Crippen molar-refractivity contribution in [3.63, 3.8) is 0 Å². The van der Waals surface area contributed by atoms with E-state index in [2.05, 4.69) is 23.1 Å². The average Bonchev–Trinajstić information content (AvgIpc) is 3.31. The maximum absolute atomic E-state index is 12.7. The number of hydrogen-bond acceptors (Lipinski definition) is 5. The van der Waals surface area contributed by atoms with Gasteiger partial charge in [-0.1, -0.05) is 18.2 Å². The summed E-state index contributed by atoms with van der Waals surface area (Å²) >= 11 is 0. The summed E-state index contributed by atoms with van der Waals surface area (Å²) in [4.78, 5) is 29.5. The number of carbonyl (C=O) groups is 2. The number of nitrogens with zero attached hydrogens (tertiary/aromatic N) is 2. The predicted octanol–water partition coefficient (Wildman–Crippen LogP) is 3.25. The number of Topliss-reactive ketones (excluding diaryl/α,β-unsaturated/α-hetero) is 1. The van der Waals surface area contributed by atoms with Gasteiger partial charge < -0.3 is 14.4 Å². The normalized spacial score (nSPS) is 17.8. The second kappa shape index (κ2) is 9.33. The second-order valence-electron chi connectivity index (χ2n) is 8.90. The van der Waals surface area contributed by atoms with Gasteiger partial charge in [0.15, 0.2) is 17.3 Å². The molecule has 0 N–H and O–H groups in total. The van der Waals surface area contributed by atoms with E-state index in [9.17, 15) is 9.59 Å². The van der Waals surface area contributed by atoms with Crippen molar-refractivity contribution in [1.29, 1.82) is 0 Å². The Bertz CT molecular complexity index is 1010. The summed E-state index contributed by atoms with van der Waals surface area (Å²) in [5.74, 6) is 1.78. The Kier molecular flexibility index (Phi) is 6.12. The van der Waals surface area contributed by atoms with Crippen molar-refractivity contribution < 1.29 is 19.1 Å². The summed E-state index contributed by atoms with van der Waals surface area (Å²) < 4.78 is 11.3. The van der Waals surface area contributed by atoms with E-state index < -0.39 is 0 Å². The van der Waals surface area contributed by atoms with Gasteiger partial charge in [-0.2, -0.15) is 0 Å². The molecule has 2 aromatic carbocycles. The van der Waals surface area contributed by atoms with E-state index in [1.165, 1.54) is 23.1 Å². The molecule has 168 valence electrons. The van der Waals surface area contributed by atoms with Crippen LogP contribution in [-0.2, 0) is 24.2 Å². The molecule has 1 amide bonds. The minimum Gasteiger partial charge on any atom is -0.486 e. The number of piperazine rings is 1. The number of amides is 1. The van der Waals surface area contributed by atoms with Crippen LogP contribution >= 0.6 is 0 Å². The first-order valence-electron chi connectivity index (χ1n) is 11.7. The Morgan fingerprint density at radius 2 is 1.59 bits per heavy atom. The molecule has 32 heavy (non-hydrogen) atoms. The molecular formula is C26H30N2O4. The van der Waals surface area contributed by atoms with E-state index >= 15 is 0 Å². The minimum atomic E-state index is 0.0743. The molecule has 1 saturated heterocycles. The van der Waals surface area contributed by atoms with E-state index in [1.54, 1.807) is 0 Å². The average molecular weight is 435 g/mol. The van der Waals surface area contributed by atoms with Crippen LogP contribution in [0.25, 0.3) is 0 Å². The molecule has 0 saturated carbocycles. The zero-order valence-corrected chi connectivity index (χ0v) is 18.5. The van der Waals surface area contributed by atoms with Gasteiger partial charge in [0.1, 0.15) is 13.2 Å². The van der Waals surface area contributed by atoms with Crippen LogP contribution in [0, 0.1) is 0 Å². The lowest BCUT2D eigenvalue weighted by Crippen LogP contribution is -2.48. The highest BCUT2D eigenvalue weighted by atomic mass is 16.6. The van der Waals surface area contributed by atoms with Crippen LogP contribution in [0.5, 0.6) is 11.5 Å². The Hall–Kier alpha value is -2.86. The van der Waals surface area contributed by atoms with Crippen molar-refractivity contribution in [3.05, 3.63) is 58.7 Å². The molecule has 6 nitrogen and oxygen atoms in total. The number of aryl methyl sites for hydroxylation is 2. The Morgan fingerprint density at radius 1 is 0.812 bits per heavy atom. The quantitative estimate of drug-likeness (QED) is 0.654. The Labute approximate surface area is 189 Å². The van der Waals surface area contributed by atoms with Crippen LogP contribution in [-0.4, -0.2) is 60.9 Å². The van der Waals surface area contributed by atoms with E-state index in [0.29, 0.717) is 26.3 Å². The molecule has 3 aliphatic rings. The van der Waals surface area contributed by atoms with E-state index in [1.807, 2.05) is 23.1 Å². The number of hydrogen-bond donors (Lipinski definition) is 0. The number of carbonyl (C=O) groups excluding carboxylic acids is 2. The first kappa shape index (κ1) is 21.0. The largest absolute Gasteiger partial charge is 0.486 e. The van der Waals surface area contributed by atoms with Crippen LogP contribution in [0.2, 0.25) is 0 Å². The van der Waals surface area contributed by atoms with Crippen LogP contribution < -0.4 is 9.47 Å². The van der Waals surface area contributed by atoms with Crippen LogP contribution in [0.3, 0.4) is 0 Å². The fourth-order valence-electron chi connectivity index (χ4n) is 4.87. The SMILES string of the molecule is O=C(CCC(=O)N1CCN(Cc2ccc3c(c2)OCCO3)CC1)c1ccc2c(c1)CCC2. The van der Waals surface area contributed by atoms with Crippen LogP contribution in [0.1, 0.15) is 46.3 Å². The molecule has 6 heteroatoms. The van der Waals surface area contributed by atoms with Crippen molar-refractivity contribution in [3.8, 4) is 11.5 Å². The van der Waals surface area contributed by atoms with E-state index in [0.717, 1.165) is 49.5 Å². The van der Waals surface area contributed by atoms with Crippen molar-refractivity contribution >= 4 is 11.7 Å². The molecular weight excluding hydrogens is 404 g/mol. The molecule has 2 heterocycles. The number of fused-ring (bicyclic) bond motifs is 2. The second-order valence-corrected chi connectivity index (χ2v) is 8.90. The monoisotopic (exact) mass is 434 g/mol. The lowest BCUT2D eigenvalue weighted by molar-refractivity contribution is -0.132. The van der Waals surface area contributed by atoms with E-state index in [-0.39, 0.29) is 24.5 Å². The summed E-state index contributed by atoms with van der Waals surface area (Å²) in [6.45, 7) is 5.09. The van der Waals surface area contributed by atoms with Gasteiger partial charge in [-0.15, -0.1) is 0 Å².